The number of carbonyl (C=O) groups excluding carboxylic acids is 2. The van der Waals surface area contributed by atoms with Crippen LogP contribution in [0.4, 0.5) is 0 Å². The minimum absolute atomic E-state index is 0.197. The Hall–Kier alpha value is -4.38. The molecule has 0 aliphatic carbocycles. The summed E-state index contributed by atoms with van der Waals surface area (Å²) in [6.07, 6.45) is 1.98. The summed E-state index contributed by atoms with van der Waals surface area (Å²) in [5, 5.41) is 14.8. The topological polar surface area (TPSA) is 105 Å². The fraction of sp³-hybridized carbons (Fsp3) is 0.167. The van der Waals surface area contributed by atoms with Gasteiger partial charge in [0.25, 0.3) is 5.91 Å². The third-order valence-electron chi connectivity index (χ3n) is 5.01. The molecule has 0 fully saturated rings. The van der Waals surface area contributed by atoms with Gasteiger partial charge in [-0.1, -0.05) is 6.07 Å². The molecule has 0 saturated carbocycles. The van der Waals surface area contributed by atoms with Crippen molar-refractivity contribution in [3.8, 4) is 11.8 Å². The lowest BCUT2D eigenvalue weighted by atomic mass is 10.0. The van der Waals surface area contributed by atoms with Crippen molar-refractivity contribution in [2.75, 3.05) is 13.7 Å². The zero-order chi connectivity index (χ0) is 22.5. The van der Waals surface area contributed by atoms with Gasteiger partial charge in [-0.2, -0.15) is 10.4 Å². The van der Waals surface area contributed by atoms with E-state index in [4.69, 9.17) is 19.2 Å². The van der Waals surface area contributed by atoms with Crippen LogP contribution >= 0.6 is 0 Å². The molecule has 0 N–H and O–H groups in total. The first-order valence-corrected chi connectivity index (χ1v) is 9.83. The number of esters is 1. The Kier molecular flexibility index (Phi) is 5.99. The van der Waals surface area contributed by atoms with Crippen LogP contribution in [-0.4, -0.2) is 36.3 Å². The Morgan fingerprint density at radius 2 is 2.00 bits per heavy atom. The summed E-state index contributed by atoms with van der Waals surface area (Å²) < 4.78 is 15.9. The number of benzene rings is 2. The molecule has 2 heterocycles. The van der Waals surface area contributed by atoms with Gasteiger partial charge in [0.05, 0.1) is 36.3 Å². The van der Waals surface area contributed by atoms with Crippen molar-refractivity contribution in [2.24, 2.45) is 5.10 Å². The molecular weight excluding hydrogens is 410 g/mol. The lowest BCUT2D eigenvalue weighted by molar-refractivity contribution is -0.136. The fourth-order valence-electron chi connectivity index (χ4n) is 3.39. The monoisotopic (exact) mass is 429 g/mol. The fourth-order valence-corrected chi connectivity index (χ4v) is 3.39. The highest BCUT2D eigenvalue weighted by Gasteiger charge is 2.35. The van der Waals surface area contributed by atoms with Crippen molar-refractivity contribution in [1.82, 2.24) is 5.01 Å². The number of ether oxygens (including phenoxy) is 2. The second-order valence-electron chi connectivity index (χ2n) is 7.02. The minimum Gasteiger partial charge on any atom is -0.497 e. The summed E-state index contributed by atoms with van der Waals surface area (Å²) >= 11 is 0. The smallest absolute Gasteiger partial charge is 0.338 e. The second kappa shape index (κ2) is 9.18. The van der Waals surface area contributed by atoms with Gasteiger partial charge < -0.3 is 13.9 Å². The molecule has 1 atom stereocenters. The van der Waals surface area contributed by atoms with E-state index in [2.05, 4.69) is 5.10 Å². The molecule has 1 aliphatic heterocycles. The number of furan rings is 1. The molecule has 1 amide bonds. The molecule has 0 bridgehead atoms. The number of hydrogen-bond acceptors (Lipinski definition) is 7. The van der Waals surface area contributed by atoms with Crippen molar-refractivity contribution >= 4 is 17.6 Å². The highest BCUT2D eigenvalue weighted by Crippen LogP contribution is 2.33. The maximum Gasteiger partial charge on any atom is 0.338 e. The predicted octanol–water partition coefficient (Wildman–Crippen LogP) is 3.69. The number of hydrogen-bond donors (Lipinski definition) is 0. The molecule has 0 radical (unpaired) electrons. The first-order valence-electron chi connectivity index (χ1n) is 9.83. The number of nitriles is 1. The lowest BCUT2D eigenvalue weighted by Gasteiger charge is -2.19. The van der Waals surface area contributed by atoms with Gasteiger partial charge in [0.2, 0.25) is 0 Å². The number of amides is 1. The summed E-state index contributed by atoms with van der Waals surface area (Å²) in [4.78, 5) is 25.2. The quantitative estimate of drug-likeness (QED) is 0.554. The second-order valence-corrected chi connectivity index (χ2v) is 7.02. The Bertz CT molecular complexity index is 1190. The Morgan fingerprint density at radius 3 is 2.69 bits per heavy atom. The number of rotatable bonds is 6. The van der Waals surface area contributed by atoms with Crippen molar-refractivity contribution in [1.29, 1.82) is 5.26 Å². The molecule has 160 valence electrons. The van der Waals surface area contributed by atoms with Gasteiger partial charge in [0.15, 0.2) is 6.61 Å². The largest absolute Gasteiger partial charge is 0.497 e. The van der Waals surface area contributed by atoms with Gasteiger partial charge in [0.1, 0.15) is 17.6 Å². The third-order valence-corrected chi connectivity index (χ3v) is 5.01. The SMILES string of the molecule is COc1ccc(C2=NN(C(=O)COC(=O)c3cccc(C#N)c3)C(c3ccco3)C2)cc1. The van der Waals surface area contributed by atoms with Crippen molar-refractivity contribution in [3.05, 3.63) is 89.4 Å². The van der Waals surface area contributed by atoms with E-state index in [0.717, 1.165) is 11.3 Å². The number of hydrazone groups is 1. The van der Waals surface area contributed by atoms with Gasteiger partial charge in [-0.15, -0.1) is 0 Å². The lowest BCUT2D eigenvalue weighted by Crippen LogP contribution is -2.31. The zero-order valence-corrected chi connectivity index (χ0v) is 17.2. The predicted molar refractivity (Wildman–Crippen MR) is 114 cm³/mol. The molecule has 0 saturated heterocycles. The molecule has 2 aromatic carbocycles. The van der Waals surface area contributed by atoms with E-state index in [-0.39, 0.29) is 5.56 Å². The van der Waals surface area contributed by atoms with Crippen LogP contribution in [0.25, 0.3) is 0 Å². The molecule has 1 aliphatic rings. The molecule has 8 nitrogen and oxygen atoms in total. The van der Waals surface area contributed by atoms with E-state index in [0.29, 0.717) is 23.5 Å². The van der Waals surface area contributed by atoms with E-state index in [1.807, 2.05) is 30.3 Å². The van der Waals surface area contributed by atoms with Crippen LogP contribution in [0.3, 0.4) is 0 Å². The Balaban J connectivity index is 1.51. The summed E-state index contributed by atoms with van der Waals surface area (Å²) in [6.45, 7) is -0.494. The summed E-state index contributed by atoms with van der Waals surface area (Å²) in [5.74, 6) is 0.122. The highest BCUT2D eigenvalue weighted by atomic mass is 16.5. The number of carbonyl (C=O) groups is 2. The first kappa shape index (κ1) is 20.9. The van der Waals surface area contributed by atoms with Crippen LogP contribution in [0.5, 0.6) is 5.75 Å². The van der Waals surface area contributed by atoms with E-state index in [1.165, 1.54) is 23.4 Å². The summed E-state index contributed by atoms with van der Waals surface area (Å²) in [7, 11) is 1.59. The van der Waals surface area contributed by atoms with E-state index >= 15 is 0 Å². The molecule has 1 unspecified atom stereocenters. The number of methoxy groups -OCH3 is 1. The van der Waals surface area contributed by atoms with Crippen molar-refractivity contribution in [3.63, 3.8) is 0 Å². The van der Waals surface area contributed by atoms with E-state index < -0.39 is 24.5 Å². The van der Waals surface area contributed by atoms with Crippen LogP contribution in [0.2, 0.25) is 0 Å². The number of nitrogens with zero attached hydrogens (tertiary/aromatic N) is 3. The van der Waals surface area contributed by atoms with Crippen LogP contribution in [0.15, 0.2) is 76.4 Å². The average Bonchev–Trinajstić information content (AvgIpc) is 3.52. The Labute approximate surface area is 184 Å². The molecule has 32 heavy (non-hydrogen) atoms. The Morgan fingerprint density at radius 1 is 1.19 bits per heavy atom. The summed E-state index contributed by atoms with van der Waals surface area (Å²) in [6, 6.07) is 18.5. The van der Waals surface area contributed by atoms with Crippen molar-refractivity contribution in [2.45, 2.75) is 12.5 Å². The average molecular weight is 429 g/mol. The maximum absolute atomic E-state index is 12.9. The van der Waals surface area contributed by atoms with E-state index in [9.17, 15) is 9.59 Å². The third kappa shape index (κ3) is 4.37. The molecule has 8 heteroatoms. The van der Waals surface area contributed by atoms with E-state index in [1.54, 1.807) is 31.4 Å². The molecule has 0 spiro atoms. The molecule has 3 aromatic rings. The van der Waals surface area contributed by atoms with Crippen molar-refractivity contribution < 1.29 is 23.5 Å². The maximum atomic E-state index is 12.9. The summed E-state index contributed by atoms with van der Waals surface area (Å²) in [5.41, 5.74) is 2.08. The first-order chi connectivity index (χ1) is 15.6. The van der Waals surface area contributed by atoms with Crippen LogP contribution < -0.4 is 4.74 Å². The van der Waals surface area contributed by atoms with Crippen LogP contribution in [0.1, 0.15) is 39.7 Å². The van der Waals surface area contributed by atoms with Gasteiger partial charge in [-0.25, -0.2) is 9.80 Å². The molecule has 4 rings (SSSR count). The standard InChI is InChI=1S/C24H19N3O5/c1-30-19-9-7-17(8-10-19)20-13-21(22-6-3-11-31-22)27(26-20)23(28)15-32-24(29)18-5-2-4-16(12-18)14-25/h2-12,21H,13,15H2,1H3. The minimum atomic E-state index is -0.691. The highest BCUT2D eigenvalue weighted by molar-refractivity contribution is 6.03. The molecule has 1 aromatic heterocycles. The van der Waals surface area contributed by atoms with Crippen LogP contribution in [-0.2, 0) is 9.53 Å². The van der Waals surface area contributed by atoms with Gasteiger partial charge in [0, 0.05) is 6.42 Å². The van der Waals surface area contributed by atoms with Gasteiger partial charge >= 0.3 is 5.97 Å². The van der Waals surface area contributed by atoms with Crippen LogP contribution in [0, 0.1) is 11.3 Å². The normalized spacial score (nSPS) is 15.1. The zero-order valence-electron chi connectivity index (χ0n) is 17.2. The molecular formula is C24H19N3O5. The van der Waals surface area contributed by atoms with Gasteiger partial charge in [-0.3, -0.25) is 4.79 Å². The van der Waals surface area contributed by atoms with Gasteiger partial charge in [-0.05, 0) is 60.2 Å².